The highest BCUT2D eigenvalue weighted by atomic mass is 32.1. The average molecular weight is 371 g/mol. The van der Waals surface area contributed by atoms with Crippen molar-refractivity contribution in [3.05, 3.63) is 52.7 Å². The van der Waals surface area contributed by atoms with E-state index >= 15 is 0 Å². The summed E-state index contributed by atoms with van der Waals surface area (Å²) in [6, 6.07) is 6.90. The van der Waals surface area contributed by atoms with Crippen molar-refractivity contribution >= 4 is 28.3 Å². The van der Waals surface area contributed by atoms with Crippen LogP contribution in [-0.4, -0.2) is 36.1 Å². The van der Waals surface area contributed by atoms with Crippen LogP contribution in [-0.2, 0) is 4.74 Å². The Labute approximate surface area is 154 Å². The van der Waals surface area contributed by atoms with Crippen LogP contribution in [0, 0.1) is 6.92 Å². The molecule has 2 aromatic heterocycles. The topological polar surface area (TPSA) is 93.3 Å². The number of benzene rings is 1. The molecule has 0 spiro atoms. The molecule has 2 heterocycles. The van der Waals surface area contributed by atoms with Crippen molar-refractivity contribution in [2.75, 3.05) is 19.5 Å². The number of hydrogen-bond acceptors (Lipinski definition) is 6. The second-order valence-electron chi connectivity index (χ2n) is 5.47. The first-order valence-corrected chi connectivity index (χ1v) is 8.58. The summed E-state index contributed by atoms with van der Waals surface area (Å²) in [5.41, 5.74) is 3.17. The number of ether oxygens (including phenoxy) is 2. The van der Waals surface area contributed by atoms with Gasteiger partial charge in [0.05, 0.1) is 19.9 Å². The number of aromatic amines is 1. The first kappa shape index (κ1) is 17.7. The Morgan fingerprint density at radius 2 is 2.04 bits per heavy atom. The van der Waals surface area contributed by atoms with Gasteiger partial charge in [-0.25, -0.2) is 9.78 Å². The van der Waals surface area contributed by atoms with E-state index in [0.717, 1.165) is 11.1 Å². The van der Waals surface area contributed by atoms with Crippen molar-refractivity contribution in [3.8, 4) is 17.0 Å². The highest BCUT2D eigenvalue weighted by Gasteiger charge is 2.14. The van der Waals surface area contributed by atoms with Gasteiger partial charge >= 0.3 is 5.97 Å². The predicted molar refractivity (Wildman–Crippen MR) is 98.9 cm³/mol. The van der Waals surface area contributed by atoms with Crippen LogP contribution in [0.5, 0.6) is 5.75 Å². The maximum absolute atomic E-state index is 12.4. The summed E-state index contributed by atoms with van der Waals surface area (Å²) in [6.45, 7) is 1.91. The molecule has 2 N–H and O–H groups in total. The zero-order valence-corrected chi connectivity index (χ0v) is 15.3. The van der Waals surface area contributed by atoms with Gasteiger partial charge in [-0.05, 0) is 30.7 Å². The number of carbonyl (C=O) groups excluding carboxylic acids is 2. The van der Waals surface area contributed by atoms with E-state index in [1.165, 1.54) is 18.4 Å². The third kappa shape index (κ3) is 3.60. The number of amides is 1. The van der Waals surface area contributed by atoms with E-state index in [-0.39, 0.29) is 5.91 Å². The number of rotatable bonds is 5. The smallest absolute Gasteiger partial charge is 0.354 e. The molecule has 7 nitrogen and oxygen atoms in total. The highest BCUT2D eigenvalue weighted by molar-refractivity contribution is 7.14. The number of nitrogens with one attached hydrogen (secondary N) is 2. The third-order valence-electron chi connectivity index (χ3n) is 3.78. The minimum Gasteiger partial charge on any atom is -0.496 e. The Morgan fingerprint density at radius 1 is 1.23 bits per heavy atom. The van der Waals surface area contributed by atoms with E-state index in [4.69, 9.17) is 4.74 Å². The summed E-state index contributed by atoms with van der Waals surface area (Å²) < 4.78 is 9.91. The zero-order chi connectivity index (χ0) is 18.7. The minimum atomic E-state index is -0.451. The molecule has 0 radical (unpaired) electrons. The Balaban J connectivity index is 1.75. The van der Waals surface area contributed by atoms with Gasteiger partial charge in [-0.1, -0.05) is 6.07 Å². The van der Waals surface area contributed by atoms with Crippen LogP contribution in [0.4, 0.5) is 5.13 Å². The fraction of sp³-hybridized carbons (Fsp3) is 0.167. The largest absolute Gasteiger partial charge is 0.496 e. The number of nitrogens with zero attached hydrogens (tertiary/aromatic N) is 1. The predicted octanol–water partition coefficient (Wildman–Crippen LogP) is 3.49. The van der Waals surface area contributed by atoms with Crippen LogP contribution in [0.2, 0.25) is 0 Å². The number of H-pyrrole nitrogens is 1. The van der Waals surface area contributed by atoms with Gasteiger partial charge in [-0.3, -0.25) is 10.1 Å². The first-order chi connectivity index (χ1) is 12.5. The molecule has 0 bridgehead atoms. The molecule has 0 aliphatic rings. The minimum absolute atomic E-state index is 0.270. The summed E-state index contributed by atoms with van der Waals surface area (Å²) in [5, 5.41) is 5.04. The van der Waals surface area contributed by atoms with E-state index in [1.54, 1.807) is 36.9 Å². The quantitative estimate of drug-likeness (QED) is 0.670. The number of methoxy groups -OCH3 is 2. The van der Waals surface area contributed by atoms with Crippen LogP contribution in [0.25, 0.3) is 11.3 Å². The van der Waals surface area contributed by atoms with Gasteiger partial charge in [0.15, 0.2) is 5.13 Å². The van der Waals surface area contributed by atoms with Crippen LogP contribution < -0.4 is 10.1 Å². The molecule has 3 aromatic rings. The van der Waals surface area contributed by atoms with Crippen molar-refractivity contribution < 1.29 is 19.1 Å². The van der Waals surface area contributed by atoms with E-state index in [1.807, 2.05) is 13.0 Å². The Morgan fingerprint density at radius 3 is 2.77 bits per heavy atom. The fourth-order valence-electron chi connectivity index (χ4n) is 2.36. The van der Waals surface area contributed by atoms with Crippen LogP contribution in [0.1, 0.15) is 26.4 Å². The second kappa shape index (κ2) is 7.40. The normalized spacial score (nSPS) is 10.4. The van der Waals surface area contributed by atoms with Crippen LogP contribution >= 0.6 is 11.3 Å². The van der Waals surface area contributed by atoms with Gasteiger partial charge < -0.3 is 14.5 Å². The van der Waals surface area contributed by atoms with Crippen molar-refractivity contribution in [1.82, 2.24) is 9.97 Å². The molecule has 0 aliphatic carbocycles. The maximum atomic E-state index is 12.4. The van der Waals surface area contributed by atoms with Crippen molar-refractivity contribution in [2.24, 2.45) is 0 Å². The van der Waals surface area contributed by atoms with Crippen molar-refractivity contribution in [3.63, 3.8) is 0 Å². The molecule has 0 atom stereocenters. The molecule has 3 rings (SSSR count). The van der Waals surface area contributed by atoms with Crippen LogP contribution in [0.15, 0.2) is 35.8 Å². The molecule has 0 saturated heterocycles. The van der Waals surface area contributed by atoms with Crippen LogP contribution in [0.3, 0.4) is 0 Å². The molecule has 0 aliphatic heterocycles. The molecule has 1 amide bonds. The van der Waals surface area contributed by atoms with Gasteiger partial charge in [0.25, 0.3) is 5.91 Å². The van der Waals surface area contributed by atoms with Crippen molar-refractivity contribution in [2.45, 2.75) is 6.92 Å². The zero-order valence-electron chi connectivity index (χ0n) is 14.5. The summed E-state index contributed by atoms with van der Waals surface area (Å²) in [6.07, 6.45) is 1.66. The number of carbonyl (C=O) groups is 2. The molecular formula is C18H17N3O4S. The Bertz CT molecular complexity index is 961. The van der Waals surface area contributed by atoms with E-state index in [2.05, 4.69) is 20.0 Å². The lowest BCUT2D eigenvalue weighted by atomic mass is 10.1. The lowest BCUT2D eigenvalue weighted by molar-refractivity contribution is 0.0594. The average Bonchev–Trinajstić information content (AvgIpc) is 3.30. The summed E-state index contributed by atoms with van der Waals surface area (Å²) in [5.74, 6) is -0.0676. The highest BCUT2D eigenvalue weighted by Crippen LogP contribution is 2.26. The van der Waals surface area contributed by atoms with Gasteiger partial charge in [0.2, 0.25) is 0 Å². The monoisotopic (exact) mass is 371 g/mol. The molecule has 0 unspecified atom stereocenters. The number of anilines is 1. The molecular weight excluding hydrogens is 354 g/mol. The Hall–Kier alpha value is -3.13. The first-order valence-electron chi connectivity index (χ1n) is 7.70. The number of aryl methyl sites for hydroxylation is 1. The number of aromatic nitrogens is 2. The van der Waals surface area contributed by atoms with Crippen molar-refractivity contribution in [1.29, 1.82) is 0 Å². The lowest BCUT2D eigenvalue weighted by Crippen LogP contribution is -2.12. The van der Waals surface area contributed by atoms with E-state index in [9.17, 15) is 9.59 Å². The number of hydrogen-bond donors (Lipinski definition) is 2. The van der Waals surface area contributed by atoms with Gasteiger partial charge in [0, 0.05) is 22.7 Å². The number of thiazole rings is 1. The Kier molecular flexibility index (Phi) is 5.04. The number of esters is 1. The second-order valence-corrected chi connectivity index (χ2v) is 6.33. The standard InChI is InChI=1S/C18H17N3O4S/c1-10-4-5-11(7-15(10)24-2)16(22)21-18-20-14(9-26-18)12-6-13(19-8-12)17(23)25-3/h4-9,19H,1-3H3,(H,20,21,22). The van der Waals surface area contributed by atoms with E-state index in [0.29, 0.717) is 27.8 Å². The third-order valence-corrected chi connectivity index (χ3v) is 4.54. The molecule has 8 heteroatoms. The molecule has 1 aromatic carbocycles. The molecule has 134 valence electrons. The summed E-state index contributed by atoms with van der Waals surface area (Å²) >= 11 is 1.30. The lowest BCUT2D eigenvalue weighted by Gasteiger charge is -2.07. The fourth-order valence-corrected chi connectivity index (χ4v) is 3.08. The molecule has 0 fully saturated rings. The summed E-state index contributed by atoms with van der Waals surface area (Å²) in [4.78, 5) is 31.1. The van der Waals surface area contributed by atoms with Gasteiger partial charge in [0.1, 0.15) is 11.4 Å². The van der Waals surface area contributed by atoms with Gasteiger partial charge in [-0.15, -0.1) is 11.3 Å². The maximum Gasteiger partial charge on any atom is 0.354 e. The van der Waals surface area contributed by atoms with Gasteiger partial charge in [-0.2, -0.15) is 0 Å². The summed E-state index contributed by atoms with van der Waals surface area (Å²) in [7, 11) is 2.88. The molecule has 0 saturated carbocycles. The van der Waals surface area contributed by atoms with E-state index < -0.39 is 5.97 Å². The SMILES string of the molecule is COC(=O)c1cc(-c2csc(NC(=O)c3ccc(C)c(OC)c3)n2)c[nH]1. The molecule has 26 heavy (non-hydrogen) atoms.